The molecule has 0 aliphatic carbocycles. The summed E-state index contributed by atoms with van der Waals surface area (Å²) < 4.78 is 2.15. The summed E-state index contributed by atoms with van der Waals surface area (Å²) in [6.45, 7) is 0. The van der Waals surface area contributed by atoms with Gasteiger partial charge in [0.05, 0.1) is 12.4 Å². The number of nitrogens with zero attached hydrogens (tertiary/aromatic N) is 2. The highest BCUT2D eigenvalue weighted by molar-refractivity contribution is 7.10. The molecule has 0 saturated carbocycles. The first-order chi connectivity index (χ1) is 10.9. The lowest BCUT2D eigenvalue weighted by atomic mass is 9.98. The fourth-order valence-electron chi connectivity index (χ4n) is 2.80. The van der Waals surface area contributed by atoms with Crippen LogP contribution in [0.15, 0.2) is 79.0 Å². The molecule has 1 aromatic carbocycles. The van der Waals surface area contributed by atoms with Gasteiger partial charge >= 0.3 is 0 Å². The topological polar surface area (TPSA) is 33.6 Å². The number of thiophene rings is 1. The van der Waals surface area contributed by atoms with Gasteiger partial charge in [-0.2, -0.15) is 0 Å². The minimum absolute atomic E-state index is 0.143. The van der Waals surface area contributed by atoms with Crippen LogP contribution < -0.4 is 0 Å². The number of aromatic amines is 1. The number of hydrogen-bond acceptors (Lipinski definition) is 2. The molecule has 0 aliphatic heterocycles. The lowest BCUT2D eigenvalue weighted by Crippen LogP contribution is -2.09. The van der Waals surface area contributed by atoms with Gasteiger partial charge < -0.3 is 9.55 Å². The number of hydrogen-bond donors (Lipinski definition) is 1. The van der Waals surface area contributed by atoms with Crippen LogP contribution in [0.5, 0.6) is 0 Å². The van der Waals surface area contributed by atoms with Crippen LogP contribution in [-0.4, -0.2) is 14.5 Å². The van der Waals surface area contributed by atoms with E-state index >= 15 is 0 Å². The molecule has 22 heavy (non-hydrogen) atoms. The van der Waals surface area contributed by atoms with E-state index in [2.05, 4.69) is 68.7 Å². The monoisotopic (exact) mass is 305 g/mol. The third kappa shape index (κ3) is 2.27. The molecule has 0 spiro atoms. The maximum absolute atomic E-state index is 4.22. The van der Waals surface area contributed by atoms with Crippen LogP contribution in [0.3, 0.4) is 0 Å². The number of nitrogens with one attached hydrogen (secondary N) is 1. The van der Waals surface area contributed by atoms with Crippen molar-refractivity contribution in [3.8, 4) is 11.1 Å². The molecule has 0 aliphatic rings. The van der Waals surface area contributed by atoms with Gasteiger partial charge in [-0.05, 0) is 17.0 Å². The second-order valence-corrected chi connectivity index (χ2v) is 6.10. The quantitative estimate of drug-likeness (QED) is 0.588. The van der Waals surface area contributed by atoms with Gasteiger partial charge in [0.2, 0.25) is 0 Å². The van der Waals surface area contributed by atoms with Crippen LogP contribution in [0.25, 0.3) is 11.1 Å². The molecule has 4 aromatic rings. The summed E-state index contributed by atoms with van der Waals surface area (Å²) >= 11 is 1.77. The van der Waals surface area contributed by atoms with Crippen LogP contribution in [0, 0.1) is 0 Å². The molecule has 3 aromatic heterocycles. The molecule has 3 nitrogen and oxygen atoms in total. The van der Waals surface area contributed by atoms with E-state index in [4.69, 9.17) is 0 Å². The number of imidazole rings is 1. The van der Waals surface area contributed by atoms with Crippen LogP contribution >= 0.6 is 11.3 Å². The predicted molar refractivity (Wildman–Crippen MR) is 90.0 cm³/mol. The maximum atomic E-state index is 4.22. The smallest absolute Gasteiger partial charge is 0.0960 e. The molecule has 108 valence electrons. The zero-order valence-corrected chi connectivity index (χ0v) is 12.7. The van der Waals surface area contributed by atoms with Crippen LogP contribution in [-0.2, 0) is 0 Å². The molecule has 4 heteroatoms. The van der Waals surface area contributed by atoms with Gasteiger partial charge in [-0.3, -0.25) is 0 Å². The number of rotatable bonds is 4. The fourth-order valence-corrected chi connectivity index (χ4v) is 3.65. The summed E-state index contributed by atoms with van der Waals surface area (Å²) in [6, 6.07) is 14.9. The van der Waals surface area contributed by atoms with E-state index in [1.807, 2.05) is 24.8 Å². The standard InChI is InChI=1S/C18H15N3S/c1-2-5-14(6-3-1)15-11-20-12-16(15)18(17-7-4-10-22-17)21-9-8-19-13-21/h1-13,18,20H. The Labute approximate surface area is 132 Å². The molecular formula is C18H15N3S. The van der Waals surface area contributed by atoms with Gasteiger partial charge in [-0.25, -0.2) is 4.98 Å². The molecule has 0 amide bonds. The van der Waals surface area contributed by atoms with Gasteiger partial charge in [0.1, 0.15) is 0 Å². The average molecular weight is 305 g/mol. The van der Waals surface area contributed by atoms with E-state index in [0.717, 1.165) is 0 Å². The van der Waals surface area contributed by atoms with Crippen molar-refractivity contribution < 1.29 is 0 Å². The Hall–Kier alpha value is -2.59. The van der Waals surface area contributed by atoms with Crippen molar-refractivity contribution >= 4 is 11.3 Å². The van der Waals surface area contributed by atoms with E-state index in [1.54, 1.807) is 11.3 Å². The van der Waals surface area contributed by atoms with Gasteiger partial charge in [0.15, 0.2) is 0 Å². The van der Waals surface area contributed by atoms with Crippen molar-refractivity contribution in [2.24, 2.45) is 0 Å². The van der Waals surface area contributed by atoms with Crippen molar-refractivity contribution in [2.75, 3.05) is 0 Å². The van der Waals surface area contributed by atoms with Gasteiger partial charge in [-0.15, -0.1) is 11.3 Å². The molecule has 0 radical (unpaired) electrons. The normalized spacial score (nSPS) is 12.4. The van der Waals surface area contributed by atoms with Crippen molar-refractivity contribution in [1.82, 2.24) is 14.5 Å². The summed E-state index contributed by atoms with van der Waals surface area (Å²) in [7, 11) is 0. The number of benzene rings is 1. The van der Waals surface area contributed by atoms with E-state index in [-0.39, 0.29) is 6.04 Å². The molecule has 0 fully saturated rings. The second-order valence-electron chi connectivity index (χ2n) is 5.12. The van der Waals surface area contributed by atoms with Gasteiger partial charge in [0, 0.05) is 40.8 Å². The summed E-state index contributed by atoms with van der Waals surface area (Å²) in [5.74, 6) is 0. The molecular weight excluding hydrogens is 290 g/mol. The summed E-state index contributed by atoms with van der Waals surface area (Å²) in [6.07, 6.45) is 9.89. The number of aromatic nitrogens is 3. The van der Waals surface area contributed by atoms with E-state index in [0.29, 0.717) is 0 Å². The van der Waals surface area contributed by atoms with E-state index in [1.165, 1.54) is 21.6 Å². The van der Waals surface area contributed by atoms with Crippen LogP contribution in [0.4, 0.5) is 0 Å². The minimum Gasteiger partial charge on any atom is -0.367 e. The fraction of sp³-hybridized carbons (Fsp3) is 0.0556. The Bertz CT molecular complexity index is 796. The van der Waals surface area contributed by atoms with Gasteiger partial charge in [-0.1, -0.05) is 36.4 Å². The molecule has 3 heterocycles. The highest BCUT2D eigenvalue weighted by atomic mass is 32.1. The zero-order chi connectivity index (χ0) is 14.8. The third-order valence-corrected chi connectivity index (χ3v) is 4.72. The SMILES string of the molecule is c1ccc(-c2c[nH]cc2C(c2cccs2)n2ccnc2)cc1. The maximum Gasteiger partial charge on any atom is 0.0960 e. The first-order valence-corrected chi connectivity index (χ1v) is 8.04. The average Bonchev–Trinajstić information content (AvgIpc) is 3.32. The minimum atomic E-state index is 0.143. The third-order valence-electron chi connectivity index (χ3n) is 3.79. The van der Waals surface area contributed by atoms with Crippen molar-refractivity contribution in [3.63, 3.8) is 0 Å². The van der Waals surface area contributed by atoms with Crippen molar-refractivity contribution in [3.05, 3.63) is 89.4 Å². The van der Waals surface area contributed by atoms with Gasteiger partial charge in [0.25, 0.3) is 0 Å². The molecule has 4 rings (SSSR count). The Morgan fingerprint density at radius 3 is 2.68 bits per heavy atom. The Balaban J connectivity index is 1.87. The number of H-pyrrole nitrogens is 1. The predicted octanol–water partition coefficient (Wildman–Crippen LogP) is 4.58. The summed E-state index contributed by atoms with van der Waals surface area (Å²) in [5, 5.41) is 2.12. The molecule has 1 N–H and O–H groups in total. The Morgan fingerprint density at radius 2 is 1.95 bits per heavy atom. The highest BCUT2D eigenvalue weighted by Crippen LogP contribution is 2.36. The Kier molecular flexibility index (Phi) is 3.37. The molecule has 0 saturated heterocycles. The zero-order valence-electron chi connectivity index (χ0n) is 11.9. The lowest BCUT2D eigenvalue weighted by Gasteiger charge is -2.18. The van der Waals surface area contributed by atoms with Crippen molar-refractivity contribution in [2.45, 2.75) is 6.04 Å². The van der Waals surface area contributed by atoms with Crippen LogP contribution in [0.1, 0.15) is 16.5 Å². The first kappa shape index (κ1) is 13.1. The largest absolute Gasteiger partial charge is 0.367 e. The Morgan fingerprint density at radius 1 is 1.05 bits per heavy atom. The molecule has 0 bridgehead atoms. The summed E-state index contributed by atoms with van der Waals surface area (Å²) in [5.41, 5.74) is 3.71. The summed E-state index contributed by atoms with van der Waals surface area (Å²) in [4.78, 5) is 8.80. The lowest BCUT2D eigenvalue weighted by molar-refractivity contribution is 0.690. The molecule has 1 unspecified atom stereocenters. The van der Waals surface area contributed by atoms with Crippen molar-refractivity contribution in [1.29, 1.82) is 0 Å². The second kappa shape index (κ2) is 5.66. The van der Waals surface area contributed by atoms with E-state index < -0.39 is 0 Å². The molecule has 1 atom stereocenters. The van der Waals surface area contributed by atoms with E-state index in [9.17, 15) is 0 Å². The highest BCUT2D eigenvalue weighted by Gasteiger charge is 2.21. The van der Waals surface area contributed by atoms with Crippen LogP contribution in [0.2, 0.25) is 0 Å². The first-order valence-electron chi connectivity index (χ1n) is 7.16.